The molecular formula is C27H29N3O2. The van der Waals surface area contributed by atoms with Gasteiger partial charge in [-0.15, -0.1) is 0 Å². The molecule has 5 heteroatoms. The van der Waals surface area contributed by atoms with Crippen LogP contribution < -0.4 is 5.32 Å². The highest BCUT2D eigenvalue weighted by molar-refractivity contribution is 5.97. The number of fused-ring (bicyclic) bond motifs is 1. The molecule has 5 nitrogen and oxygen atoms in total. The van der Waals surface area contributed by atoms with E-state index in [1.54, 1.807) is 12.3 Å². The molecule has 2 heterocycles. The molecule has 4 rings (SSSR count). The number of amides is 1. The fourth-order valence-electron chi connectivity index (χ4n) is 4.08. The van der Waals surface area contributed by atoms with Crippen molar-refractivity contribution >= 4 is 16.8 Å². The number of aryl methyl sites for hydroxylation is 1. The van der Waals surface area contributed by atoms with Crippen molar-refractivity contribution in [2.24, 2.45) is 0 Å². The Morgan fingerprint density at radius 3 is 2.62 bits per heavy atom. The molecule has 0 fully saturated rings. The van der Waals surface area contributed by atoms with Gasteiger partial charge in [-0.3, -0.25) is 4.79 Å². The Kier molecular flexibility index (Phi) is 6.55. The predicted octanol–water partition coefficient (Wildman–Crippen LogP) is 5.61. The summed E-state index contributed by atoms with van der Waals surface area (Å²) in [5.74, 6) is 0.931. The van der Waals surface area contributed by atoms with E-state index < -0.39 is 0 Å². The number of carbonyl (C=O) groups is 1. The molecule has 0 radical (unpaired) electrons. The molecule has 0 aliphatic carbocycles. The molecule has 2 aromatic heterocycles. The van der Waals surface area contributed by atoms with E-state index in [2.05, 4.69) is 39.3 Å². The molecule has 4 aromatic rings. The topological polar surface area (TPSA) is 67.2 Å². The summed E-state index contributed by atoms with van der Waals surface area (Å²) in [4.78, 5) is 17.0. The van der Waals surface area contributed by atoms with Crippen LogP contribution in [0.4, 0.5) is 0 Å². The van der Waals surface area contributed by atoms with Crippen molar-refractivity contribution in [2.75, 3.05) is 6.54 Å². The number of hydrogen-bond acceptors (Lipinski definition) is 3. The summed E-state index contributed by atoms with van der Waals surface area (Å²) in [6.45, 7) is 4.58. The Morgan fingerprint density at radius 2 is 1.84 bits per heavy atom. The Labute approximate surface area is 188 Å². The van der Waals surface area contributed by atoms with Crippen LogP contribution in [0.5, 0.6) is 5.75 Å². The van der Waals surface area contributed by atoms with Crippen molar-refractivity contribution in [3.63, 3.8) is 0 Å². The van der Waals surface area contributed by atoms with Crippen molar-refractivity contribution in [3.05, 3.63) is 89.7 Å². The minimum atomic E-state index is -0.225. The second-order valence-corrected chi connectivity index (χ2v) is 8.34. The van der Waals surface area contributed by atoms with Crippen LogP contribution >= 0.6 is 0 Å². The Bertz CT molecular complexity index is 1210. The zero-order chi connectivity index (χ0) is 22.5. The van der Waals surface area contributed by atoms with Gasteiger partial charge in [0.2, 0.25) is 0 Å². The van der Waals surface area contributed by atoms with Gasteiger partial charge >= 0.3 is 0 Å². The average molecular weight is 428 g/mol. The van der Waals surface area contributed by atoms with Crippen molar-refractivity contribution in [3.8, 4) is 11.6 Å². The molecule has 0 saturated carbocycles. The molecule has 0 aliphatic heterocycles. The van der Waals surface area contributed by atoms with E-state index in [0.29, 0.717) is 12.1 Å². The Hall–Kier alpha value is -3.60. The third-order valence-corrected chi connectivity index (χ3v) is 5.78. The first-order valence-electron chi connectivity index (χ1n) is 11.2. The lowest BCUT2D eigenvalue weighted by Crippen LogP contribution is -2.24. The number of benzene rings is 2. The van der Waals surface area contributed by atoms with Crippen LogP contribution in [0.25, 0.3) is 16.7 Å². The summed E-state index contributed by atoms with van der Waals surface area (Å²) in [7, 11) is 0. The van der Waals surface area contributed by atoms with E-state index in [1.165, 1.54) is 10.9 Å². The molecule has 0 unspecified atom stereocenters. The second-order valence-electron chi connectivity index (χ2n) is 8.34. The van der Waals surface area contributed by atoms with Crippen LogP contribution in [-0.2, 0) is 6.42 Å². The van der Waals surface area contributed by atoms with Gasteiger partial charge in [-0.1, -0.05) is 50.2 Å². The maximum absolute atomic E-state index is 12.5. The second kappa shape index (κ2) is 9.69. The minimum absolute atomic E-state index is 0.0855. The summed E-state index contributed by atoms with van der Waals surface area (Å²) >= 11 is 0. The van der Waals surface area contributed by atoms with E-state index in [1.807, 2.05) is 50.2 Å². The first kappa shape index (κ1) is 21.6. The number of phenols is 1. The first-order valence-corrected chi connectivity index (χ1v) is 11.2. The monoisotopic (exact) mass is 427 g/mol. The zero-order valence-corrected chi connectivity index (χ0v) is 18.6. The van der Waals surface area contributed by atoms with Gasteiger partial charge < -0.3 is 15.0 Å². The highest BCUT2D eigenvalue weighted by Gasteiger charge is 2.15. The average Bonchev–Trinajstić information content (AvgIpc) is 3.18. The molecule has 1 amide bonds. The van der Waals surface area contributed by atoms with Gasteiger partial charge in [-0.05, 0) is 60.6 Å². The van der Waals surface area contributed by atoms with Crippen LogP contribution in [0.3, 0.4) is 0 Å². The number of hydrogen-bond donors (Lipinski definition) is 2. The third kappa shape index (κ3) is 4.52. The van der Waals surface area contributed by atoms with Crippen LogP contribution in [-0.4, -0.2) is 27.1 Å². The molecule has 2 N–H and O–H groups in total. The fourth-order valence-corrected chi connectivity index (χ4v) is 4.08. The summed E-state index contributed by atoms with van der Waals surface area (Å²) < 4.78 is 2.14. The Morgan fingerprint density at radius 1 is 1.03 bits per heavy atom. The predicted molar refractivity (Wildman–Crippen MR) is 129 cm³/mol. The number of aromatic hydroxyl groups is 1. The van der Waals surface area contributed by atoms with Gasteiger partial charge in [0.15, 0.2) is 0 Å². The quantitative estimate of drug-likeness (QED) is 0.359. The van der Waals surface area contributed by atoms with Crippen LogP contribution in [0.2, 0.25) is 0 Å². The van der Waals surface area contributed by atoms with Gasteiger partial charge in [-0.25, -0.2) is 4.98 Å². The number of para-hydroxylation sites is 2. The molecular weight excluding hydrogens is 398 g/mol. The number of carbonyl (C=O) groups excluding carboxylic acids is 1. The summed E-state index contributed by atoms with van der Waals surface area (Å²) in [6, 6.07) is 19.6. The SMILES string of the molecule is CC(C)c1cccc(C(=O)NCCCCc2cn(-c3ccccn3)c3ccccc23)c1O. The highest BCUT2D eigenvalue weighted by atomic mass is 16.3. The smallest absolute Gasteiger partial charge is 0.255 e. The fraction of sp³-hybridized carbons (Fsp3) is 0.259. The van der Waals surface area contributed by atoms with Gasteiger partial charge in [0.25, 0.3) is 5.91 Å². The number of nitrogens with zero attached hydrogens (tertiary/aromatic N) is 2. The molecule has 2 aromatic carbocycles. The molecule has 0 saturated heterocycles. The minimum Gasteiger partial charge on any atom is -0.507 e. The zero-order valence-electron chi connectivity index (χ0n) is 18.6. The lowest BCUT2D eigenvalue weighted by molar-refractivity contribution is 0.0950. The van der Waals surface area contributed by atoms with Crippen LogP contribution in [0, 0.1) is 0 Å². The molecule has 0 aliphatic rings. The van der Waals surface area contributed by atoms with E-state index in [4.69, 9.17) is 0 Å². The lowest BCUT2D eigenvalue weighted by Gasteiger charge is -2.12. The standard InChI is InChI=1S/C27H29N3O2/c1-19(2)21-12-9-13-23(26(21)31)27(32)29-17-7-5-10-20-18-30(25-15-6-8-16-28-25)24-14-4-3-11-22(20)24/h3-4,6,8-9,11-16,18-19,31H,5,7,10,17H2,1-2H3,(H,29,32). The van der Waals surface area contributed by atoms with E-state index in [0.717, 1.165) is 36.2 Å². The Balaban J connectivity index is 1.37. The van der Waals surface area contributed by atoms with Gasteiger partial charge in [0.1, 0.15) is 11.6 Å². The van der Waals surface area contributed by atoms with E-state index in [9.17, 15) is 9.90 Å². The van der Waals surface area contributed by atoms with Crippen LogP contribution in [0.15, 0.2) is 73.1 Å². The number of rotatable bonds is 8. The van der Waals surface area contributed by atoms with Crippen LogP contribution in [0.1, 0.15) is 54.1 Å². The van der Waals surface area contributed by atoms with E-state index in [-0.39, 0.29) is 17.6 Å². The van der Waals surface area contributed by atoms with Crippen molar-refractivity contribution < 1.29 is 9.90 Å². The number of unbranched alkanes of at least 4 members (excludes halogenated alkanes) is 1. The molecule has 0 bridgehead atoms. The maximum atomic E-state index is 12.5. The summed E-state index contributed by atoms with van der Waals surface area (Å²) in [5, 5.41) is 14.6. The normalized spacial score (nSPS) is 11.2. The molecule has 0 spiro atoms. The van der Waals surface area contributed by atoms with Crippen molar-refractivity contribution in [1.82, 2.24) is 14.9 Å². The van der Waals surface area contributed by atoms with Gasteiger partial charge in [-0.2, -0.15) is 0 Å². The molecule has 164 valence electrons. The highest BCUT2D eigenvalue weighted by Crippen LogP contribution is 2.29. The van der Waals surface area contributed by atoms with Gasteiger partial charge in [0.05, 0.1) is 11.1 Å². The number of aromatic nitrogens is 2. The summed E-state index contributed by atoms with van der Waals surface area (Å²) in [5.41, 5.74) is 3.56. The number of nitrogens with one attached hydrogen (secondary N) is 1. The molecule has 0 atom stereocenters. The van der Waals surface area contributed by atoms with Crippen molar-refractivity contribution in [2.45, 2.75) is 39.0 Å². The first-order chi connectivity index (χ1) is 15.6. The number of pyridine rings is 1. The third-order valence-electron chi connectivity index (χ3n) is 5.78. The maximum Gasteiger partial charge on any atom is 0.255 e. The lowest BCUT2D eigenvalue weighted by atomic mass is 9.99. The molecule has 32 heavy (non-hydrogen) atoms. The van der Waals surface area contributed by atoms with Gasteiger partial charge in [0, 0.05) is 24.3 Å². The number of phenolic OH excluding ortho intramolecular Hbond substituents is 1. The summed E-state index contributed by atoms with van der Waals surface area (Å²) in [6.07, 6.45) is 6.71. The van der Waals surface area contributed by atoms with E-state index >= 15 is 0 Å². The largest absolute Gasteiger partial charge is 0.507 e. The van der Waals surface area contributed by atoms with Crippen molar-refractivity contribution in [1.29, 1.82) is 0 Å².